The molecule has 21 heavy (non-hydrogen) atoms. The summed E-state index contributed by atoms with van der Waals surface area (Å²) >= 11 is 0. The lowest BCUT2D eigenvalue weighted by atomic mass is 10.1. The Labute approximate surface area is 142 Å². The van der Waals surface area contributed by atoms with E-state index in [1.807, 2.05) is 12.1 Å². The van der Waals surface area contributed by atoms with Gasteiger partial charge in [0.1, 0.15) is 17.2 Å². The maximum absolute atomic E-state index is 5.41. The highest BCUT2D eigenvalue weighted by Gasteiger charge is 2.14. The van der Waals surface area contributed by atoms with Gasteiger partial charge in [0.2, 0.25) is 0 Å². The van der Waals surface area contributed by atoms with E-state index in [4.69, 9.17) is 14.2 Å². The summed E-state index contributed by atoms with van der Waals surface area (Å²) in [6, 6.07) is 3.69. The van der Waals surface area contributed by atoms with Crippen LogP contribution in [0.4, 0.5) is 0 Å². The number of benzene rings is 1. The van der Waals surface area contributed by atoms with Gasteiger partial charge in [0.05, 0.1) is 33.4 Å². The predicted molar refractivity (Wildman–Crippen MR) is 93.3 cm³/mol. The summed E-state index contributed by atoms with van der Waals surface area (Å²) in [5, 5.41) is 6.48. The molecule has 0 spiro atoms. The molecular formula is C14H22IN3O3. The second-order valence-electron chi connectivity index (χ2n) is 4.37. The molecule has 2 rings (SSSR count). The quantitative estimate of drug-likeness (QED) is 0.729. The lowest BCUT2D eigenvalue weighted by Crippen LogP contribution is -2.40. The first kappa shape index (κ1) is 17.7. The van der Waals surface area contributed by atoms with Gasteiger partial charge in [0.15, 0.2) is 5.96 Å². The Hall–Kier alpha value is -1.38. The van der Waals surface area contributed by atoms with E-state index in [-0.39, 0.29) is 24.0 Å². The number of halogens is 1. The maximum Gasteiger partial charge on any atom is 0.191 e. The van der Waals surface area contributed by atoms with Crippen molar-refractivity contribution < 1.29 is 14.2 Å². The number of hydrogen-bond acceptors (Lipinski definition) is 6. The normalized spacial score (nSPS) is 13.4. The van der Waals surface area contributed by atoms with Crippen LogP contribution in [0.1, 0.15) is 12.0 Å². The molecule has 1 heterocycles. The van der Waals surface area contributed by atoms with Crippen LogP contribution in [-0.4, -0.2) is 40.4 Å². The average Bonchev–Trinajstić information content (AvgIpc) is 2.52. The topological polar surface area (TPSA) is 64.1 Å². The second-order valence-corrected chi connectivity index (χ2v) is 4.37. The Morgan fingerprint density at radius 2 is 1.81 bits per heavy atom. The van der Waals surface area contributed by atoms with Crippen molar-refractivity contribution in [2.75, 3.05) is 34.4 Å². The Morgan fingerprint density at radius 1 is 1.14 bits per heavy atom. The number of rotatable bonds is 5. The van der Waals surface area contributed by atoms with Crippen LogP contribution >= 0.6 is 24.0 Å². The van der Waals surface area contributed by atoms with E-state index in [0.717, 1.165) is 42.5 Å². The molecule has 0 aliphatic carbocycles. The van der Waals surface area contributed by atoms with Crippen molar-refractivity contribution in [1.82, 2.24) is 10.6 Å². The zero-order chi connectivity index (χ0) is 14.4. The highest BCUT2D eigenvalue weighted by Crippen LogP contribution is 2.33. The van der Waals surface area contributed by atoms with Crippen LogP contribution < -0.4 is 24.8 Å². The lowest BCUT2D eigenvalue weighted by Gasteiger charge is -2.19. The van der Waals surface area contributed by atoms with Gasteiger partial charge in [-0.2, -0.15) is 0 Å². The second kappa shape index (κ2) is 8.81. The van der Waals surface area contributed by atoms with Crippen LogP contribution in [0.2, 0.25) is 0 Å². The minimum atomic E-state index is 0. The fourth-order valence-electron chi connectivity index (χ4n) is 2.08. The minimum Gasteiger partial charge on any atom is -0.496 e. The van der Waals surface area contributed by atoms with Crippen molar-refractivity contribution in [3.05, 3.63) is 17.7 Å². The van der Waals surface area contributed by atoms with E-state index in [1.165, 1.54) is 0 Å². The lowest BCUT2D eigenvalue weighted by molar-refractivity contribution is 0.368. The van der Waals surface area contributed by atoms with E-state index in [0.29, 0.717) is 12.3 Å². The Bertz CT molecular complexity index is 469. The predicted octanol–water partition coefficient (Wildman–Crippen LogP) is 1.77. The first-order valence-electron chi connectivity index (χ1n) is 6.59. The highest BCUT2D eigenvalue weighted by atomic mass is 127. The van der Waals surface area contributed by atoms with Crippen molar-refractivity contribution in [1.29, 1.82) is 0 Å². The number of nitrogens with one attached hydrogen (secondary N) is 2. The van der Waals surface area contributed by atoms with Gasteiger partial charge in [-0.15, -0.1) is 24.0 Å². The van der Waals surface area contributed by atoms with Gasteiger partial charge in [0, 0.05) is 25.2 Å². The Balaban J connectivity index is 0.00000220. The summed E-state index contributed by atoms with van der Waals surface area (Å²) in [5.74, 6) is 2.97. The van der Waals surface area contributed by atoms with Crippen LogP contribution in [0.3, 0.4) is 0 Å². The molecule has 2 N–H and O–H groups in total. The monoisotopic (exact) mass is 407 g/mol. The molecule has 0 atom stereocenters. The SMILES string of the molecule is COc1cc(OC)c(CNC2=NCCCN2)c(OC)c1.I. The maximum atomic E-state index is 5.41. The van der Waals surface area contributed by atoms with Crippen molar-refractivity contribution >= 4 is 29.9 Å². The molecular weight excluding hydrogens is 385 g/mol. The van der Waals surface area contributed by atoms with E-state index < -0.39 is 0 Å². The van der Waals surface area contributed by atoms with E-state index in [1.54, 1.807) is 21.3 Å². The molecule has 0 unspecified atom stereocenters. The molecule has 1 aromatic carbocycles. The summed E-state index contributed by atoms with van der Waals surface area (Å²) in [6.07, 6.45) is 1.07. The van der Waals surface area contributed by atoms with E-state index >= 15 is 0 Å². The van der Waals surface area contributed by atoms with Crippen molar-refractivity contribution in [3.8, 4) is 17.2 Å². The van der Waals surface area contributed by atoms with Gasteiger partial charge in [-0.25, -0.2) is 0 Å². The van der Waals surface area contributed by atoms with Crippen LogP contribution in [-0.2, 0) is 6.54 Å². The molecule has 0 bridgehead atoms. The molecule has 0 fully saturated rings. The number of aliphatic imine (C=N–C) groups is 1. The van der Waals surface area contributed by atoms with E-state index in [2.05, 4.69) is 15.6 Å². The van der Waals surface area contributed by atoms with Crippen molar-refractivity contribution in [2.24, 2.45) is 4.99 Å². The summed E-state index contributed by atoms with van der Waals surface area (Å²) < 4.78 is 16.1. The highest BCUT2D eigenvalue weighted by molar-refractivity contribution is 14.0. The number of nitrogens with zero attached hydrogens (tertiary/aromatic N) is 1. The molecule has 7 heteroatoms. The summed E-state index contributed by atoms with van der Waals surface area (Å²) in [7, 11) is 4.88. The Kier molecular flexibility index (Phi) is 7.41. The van der Waals surface area contributed by atoms with Crippen molar-refractivity contribution in [3.63, 3.8) is 0 Å². The molecule has 0 aromatic heterocycles. The van der Waals surface area contributed by atoms with Crippen molar-refractivity contribution in [2.45, 2.75) is 13.0 Å². The van der Waals surface area contributed by atoms with E-state index in [9.17, 15) is 0 Å². The van der Waals surface area contributed by atoms with Gasteiger partial charge in [-0.1, -0.05) is 0 Å². The third-order valence-corrected chi connectivity index (χ3v) is 3.15. The third kappa shape index (κ3) is 4.55. The number of methoxy groups -OCH3 is 3. The summed E-state index contributed by atoms with van der Waals surface area (Å²) in [4.78, 5) is 4.38. The molecule has 0 amide bonds. The van der Waals surface area contributed by atoms with Crippen LogP contribution in [0.5, 0.6) is 17.2 Å². The molecule has 1 aliphatic heterocycles. The number of hydrogen-bond donors (Lipinski definition) is 2. The average molecular weight is 407 g/mol. The fourth-order valence-corrected chi connectivity index (χ4v) is 2.08. The zero-order valence-electron chi connectivity index (χ0n) is 12.6. The van der Waals surface area contributed by atoms with Gasteiger partial charge >= 0.3 is 0 Å². The number of guanidine groups is 1. The molecule has 0 saturated carbocycles. The van der Waals surface area contributed by atoms with Crippen LogP contribution in [0.15, 0.2) is 17.1 Å². The first-order valence-corrected chi connectivity index (χ1v) is 6.59. The zero-order valence-corrected chi connectivity index (χ0v) is 14.9. The van der Waals surface area contributed by atoms with Gasteiger partial charge in [0.25, 0.3) is 0 Å². The van der Waals surface area contributed by atoms with Gasteiger partial charge in [-0.3, -0.25) is 4.99 Å². The molecule has 1 aliphatic rings. The standard InChI is InChI=1S/C14H21N3O3.HI/c1-18-10-7-12(19-2)11(13(8-10)20-3)9-17-14-15-5-4-6-16-14;/h7-8H,4-6,9H2,1-3H3,(H2,15,16,17);1H. The third-order valence-electron chi connectivity index (χ3n) is 3.15. The smallest absolute Gasteiger partial charge is 0.191 e. The molecule has 0 saturated heterocycles. The first-order chi connectivity index (χ1) is 9.78. The largest absolute Gasteiger partial charge is 0.496 e. The Morgan fingerprint density at radius 3 is 2.29 bits per heavy atom. The molecule has 0 radical (unpaired) electrons. The fraction of sp³-hybridized carbons (Fsp3) is 0.500. The summed E-state index contributed by atoms with van der Waals surface area (Å²) in [5.41, 5.74) is 0.936. The van der Waals surface area contributed by atoms with Crippen LogP contribution in [0, 0.1) is 0 Å². The number of ether oxygens (including phenoxy) is 3. The molecule has 6 nitrogen and oxygen atoms in total. The van der Waals surface area contributed by atoms with Gasteiger partial charge < -0.3 is 24.8 Å². The molecule has 118 valence electrons. The summed E-state index contributed by atoms with van der Waals surface area (Å²) in [6.45, 7) is 2.37. The minimum absolute atomic E-state index is 0. The molecule has 1 aromatic rings. The van der Waals surface area contributed by atoms with Crippen LogP contribution in [0.25, 0.3) is 0 Å². The van der Waals surface area contributed by atoms with Gasteiger partial charge in [-0.05, 0) is 6.42 Å².